The molecule has 124 valence electrons. The number of ether oxygens (including phenoxy) is 1. The average Bonchev–Trinajstić information content (AvgIpc) is 2.37. The molecule has 21 heavy (non-hydrogen) atoms. The molecule has 0 radical (unpaired) electrons. The standard InChI is InChI=1S/C17H34N2O2/c1-7-9-13(2)18-14(3)15-10-8-11-19(12-15)16(20)21-17(4,5)6/h13-15,18H,7-12H2,1-6H3. The van der Waals surface area contributed by atoms with Crippen molar-refractivity contribution >= 4 is 6.09 Å². The van der Waals surface area contributed by atoms with Crippen molar-refractivity contribution in [3.8, 4) is 0 Å². The first-order valence-electron chi connectivity index (χ1n) is 8.47. The molecule has 1 aliphatic heterocycles. The second kappa shape index (κ2) is 8.02. The number of carbonyl (C=O) groups is 1. The minimum atomic E-state index is -0.413. The largest absolute Gasteiger partial charge is 0.444 e. The third-order valence-corrected chi connectivity index (χ3v) is 4.09. The van der Waals surface area contributed by atoms with E-state index in [4.69, 9.17) is 4.74 Å². The Morgan fingerprint density at radius 1 is 1.38 bits per heavy atom. The van der Waals surface area contributed by atoms with Gasteiger partial charge in [-0.3, -0.25) is 0 Å². The second-order valence-corrected chi connectivity index (χ2v) is 7.47. The summed E-state index contributed by atoms with van der Waals surface area (Å²) in [5.74, 6) is 0.519. The van der Waals surface area contributed by atoms with Gasteiger partial charge in [0.25, 0.3) is 0 Å². The van der Waals surface area contributed by atoms with E-state index in [0.717, 1.165) is 19.5 Å². The highest BCUT2D eigenvalue weighted by Crippen LogP contribution is 2.22. The van der Waals surface area contributed by atoms with Crippen LogP contribution in [0, 0.1) is 5.92 Å². The lowest BCUT2D eigenvalue weighted by molar-refractivity contribution is 0.0146. The molecular formula is C17H34N2O2. The van der Waals surface area contributed by atoms with E-state index in [1.807, 2.05) is 25.7 Å². The molecule has 0 spiro atoms. The molecular weight excluding hydrogens is 264 g/mol. The molecule has 4 nitrogen and oxygen atoms in total. The molecule has 1 rings (SSSR count). The zero-order valence-electron chi connectivity index (χ0n) is 14.7. The predicted octanol–water partition coefficient (Wildman–Crippen LogP) is 3.80. The van der Waals surface area contributed by atoms with Crippen molar-refractivity contribution in [2.24, 2.45) is 5.92 Å². The Morgan fingerprint density at radius 3 is 2.62 bits per heavy atom. The fraction of sp³-hybridized carbons (Fsp3) is 0.941. The molecule has 3 unspecified atom stereocenters. The van der Waals surface area contributed by atoms with Crippen molar-refractivity contribution in [3.05, 3.63) is 0 Å². The van der Waals surface area contributed by atoms with Gasteiger partial charge < -0.3 is 15.0 Å². The molecule has 1 amide bonds. The summed E-state index contributed by atoms with van der Waals surface area (Å²) in [6, 6.07) is 0.985. The van der Waals surface area contributed by atoms with Crippen LogP contribution >= 0.6 is 0 Å². The number of hydrogen-bond donors (Lipinski definition) is 1. The van der Waals surface area contributed by atoms with Gasteiger partial charge in [0, 0.05) is 25.2 Å². The van der Waals surface area contributed by atoms with Crippen molar-refractivity contribution in [1.82, 2.24) is 10.2 Å². The highest BCUT2D eigenvalue weighted by molar-refractivity contribution is 5.68. The normalized spacial score (nSPS) is 22.8. The number of likely N-dealkylation sites (tertiary alicyclic amines) is 1. The van der Waals surface area contributed by atoms with E-state index >= 15 is 0 Å². The number of nitrogens with one attached hydrogen (secondary N) is 1. The van der Waals surface area contributed by atoms with Gasteiger partial charge in [-0.1, -0.05) is 13.3 Å². The van der Waals surface area contributed by atoms with Gasteiger partial charge in [0.15, 0.2) is 0 Å². The van der Waals surface area contributed by atoms with Crippen molar-refractivity contribution in [1.29, 1.82) is 0 Å². The summed E-state index contributed by atoms with van der Waals surface area (Å²) in [5, 5.41) is 3.68. The SMILES string of the molecule is CCCC(C)NC(C)C1CCCN(C(=O)OC(C)(C)C)C1. The number of amides is 1. The van der Waals surface area contributed by atoms with Crippen molar-refractivity contribution < 1.29 is 9.53 Å². The monoisotopic (exact) mass is 298 g/mol. The van der Waals surface area contributed by atoms with Crippen LogP contribution in [0.25, 0.3) is 0 Å². The third kappa shape index (κ3) is 6.68. The molecule has 0 aromatic carbocycles. The van der Waals surface area contributed by atoms with Crippen LogP contribution in [0.1, 0.15) is 67.2 Å². The predicted molar refractivity (Wildman–Crippen MR) is 87.5 cm³/mol. The summed E-state index contributed by atoms with van der Waals surface area (Å²) in [5.41, 5.74) is -0.413. The van der Waals surface area contributed by atoms with Crippen LogP contribution < -0.4 is 5.32 Å². The molecule has 0 saturated carbocycles. The highest BCUT2D eigenvalue weighted by atomic mass is 16.6. The van der Waals surface area contributed by atoms with E-state index < -0.39 is 5.60 Å². The van der Waals surface area contributed by atoms with Gasteiger partial charge in [-0.25, -0.2) is 4.79 Å². The number of carbonyl (C=O) groups excluding carboxylic acids is 1. The Morgan fingerprint density at radius 2 is 2.05 bits per heavy atom. The number of rotatable bonds is 5. The fourth-order valence-corrected chi connectivity index (χ4v) is 3.01. The maximum atomic E-state index is 12.2. The fourth-order valence-electron chi connectivity index (χ4n) is 3.01. The first kappa shape index (κ1) is 18.3. The lowest BCUT2D eigenvalue weighted by atomic mass is 9.91. The molecule has 3 atom stereocenters. The van der Waals surface area contributed by atoms with E-state index in [1.54, 1.807) is 0 Å². The first-order valence-corrected chi connectivity index (χ1v) is 8.47. The molecule has 1 heterocycles. The Balaban J connectivity index is 2.49. The quantitative estimate of drug-likeness (QED) is 0.839. The maximum Gasteiger partial charge on any atom is 0.410 e. The molecule has 0 aliphatic carbocycles. The Kier molecular flexibility index (Phi) is 6.98. The molecule has 0 bridgehead atoms. The molecule has 4 heteroatoms. The summed E-state index contributed by atoms with van der Waals surface area (Å²) in [6.07, 6.45) is 4.49. The molecule has 0 aromatic rings. The smallest absolute Gasteiger partial charge is 0.410 e. The Hall–Kier alpha value is -0.770. The zero-order valence-corrected chi connectivity index (χ0v) is 14.7. The van der Waals surface area contributed by atoms with Crippen molar-refractivity contribution in [2.75, 3.05) is 13.1 Å². The first-order chi connectivity index (χ1) is 9.73. The molecule has 1 N–H and O–H groups in total. The Labute approximate surface area is 130 Å². The lowest BCUT2D eigenvalue weighted by Crippen LogP contribution is -2.49. The average molecular weight is 298 g/mol. The van der Waals surface area contributed by atoms with E-state index in [2.05, 4.69) is 26.1 Å². The van der Waals surface area contributed by atoms with Crippen LogP contribution in [0.4, 0.5) is 4.79 Å². The topological polar surface area (TPSA) is 41.6 Å². The van der Waals surface area contributed by atoms with Crippen LogP contribution in [-0.4, -0.2) is 41.8 Å². The molecule has 1 aliphatic rings. The summed E-state index contributed by atoms with van der Waals surface area (Å²) < 4.78 is 5.49. The van der Waals surface area contributed by atoms with Gasteiger partial charge in [0.1, 0.15) is 5.60 Å². The summed E-state index contributed by atoms with van der Waals surface area (Å²) >= 11 is 0. The van der Waals surface area contributed by atoms with Crippen LogP contribution in [0.5, 0.6) is 0 Å². The van der Waals surface area contributed by atoms with Crippen LogP contribution in [0.2, 0.25) is 0 Å². The molecule has 0 aromatic heterocycles. The summed E-state index contributed by atoms with van der Waals surface area (Å²) in [4.78, 5) is 14.1. The number of nitrogens with zero attached hydrogens (tertiary/aromatic N) is 1. The van der Waals surface area contributed by atoms with Crippen LogP contribution in [-0.2, 0) is 4.74 Å². The lowest BCUT2D eigenvalue weighted by Gasteiger charge is -2.37. The van der Waals surface area contributed by atoms with Crippen molar-refractivity contribution in [3.63, 3.8) is 0 Å². The minimum Gasteiger partial charge on any atom is -0.444 e. The van der Waals surface area contributed by atoms with Gasteiger partial charge in [-0.15, -0.1) is 0 Å². The van der Waals surface area contributed by atoms with Crippen molar-refractivity contribution in [2.45, 2.75) is 84.9 Å². The van der Waals surface area contributed by atoms with Gasteiger partial charge in [0.2, 0.25) is 0 Å². The zero-order chi connectivity index (χ0) is 16.0. The number of piperidine rings is 1. The van der Waals surface area contributed by atoms with Gasteiger partial charge >= 0.3 is 6.09 Å². The van der Waals surface area contributed by atoms with Crippen LogP contribution in [0.3, 0.4) is 0 Å². The van der Waals surface area contributed by atoms with Gasteiger partial charge in [-0.2, -0.15) is 0 Å². The van der Waals surface area contributed by atoms with E-state index in [1.165, 1.54) is 19.3 Å². The maximum absolute atomic E-state index is 12.2. The Bertz CT molecular complexity index is 325. The molecule has 1 saturated heterocycles. The number of hydrogen-bond acceptors (Lipinski definition) is 3. The summed E-state index contributed by atoms with van der Waals surface area (Å²) in [6.45, 7) is 14.1. The molecule has 1 fully saturated rings. The highest BCUT2D eigenvalue weighted by Gasteiger charge is 2.30. The van der Waals surface area contributed by atoms with E-state index in [9.17, 15) is 4.79 Å². The summed E-state index contributed by atoms with van der Waals surface area (Å²) in [7, 11) is 0. The third-order valence-electron chi connectivity index (χ3n) is 4.09. The second-order valence-electron chi connectivity index (χ2n) is 7.47. The van der Waals surface area contributed by atoms with Crippen LogP contribution in [0.15, 0.2) is 0 Å². The van der Waals surface area contributed by atoms with E-state index in [0.29, 0.717) is 18.0 Å². The van der Waals surface area contributed by atoms with Gasteiger partial charge in [-0.05, 0) is 59.8 Å². The minimum absolute atomic E-state index is 0.166. The van der Waals surface area contributed by atoms with Gasteiger partial charge in [0.05, 0.1) is 0 Å². The van der Waals surface area contributed by atoms with E-state index in [-0.39, 0.29) is 6.09 Å².